The number of ether oxygens (including phenoxy) is 1. The molecule has 0 aliphatic rings. The Morgan fingerprint density at radius 3 is 2.81 bits per heavy atom. The number of carbonyl (C=O) groups is 1. The monoisotopic (exact) mass is 219 g/mol. The molecule has 0 aliphatic heterocycles. The lowest BCUT2D eigenvalue weighted by Gasteiger charge is -2.00. The number of nitrogens with one attached hydrogen (secondary N) is 2. The van der Waals surface area contributed by atoms with Crippen LogP contribution in [0.1, 0.15) is 18.1 Å². The van der Waals surface area contributed by atoms with Gasteiger partial charge in [0.25, 0.3) is 0 Å². The first kappa shape index (κ1) is 11.9. The van der Waals surface area contributed by atoms with Crippen molar-refractivity contribution in [2.75, 3.05) is 6.61 Å². The first-order chi connectivity index (χ1) is 7.77. The zero-order valence-corrected chi connectivity index (χ0v) is 8.93. The van der Waals surface area contributed by atoms with Gasteiger partial charge in [0.2, 0.25) is 0 Å². The number of carbonyl (C=O) groups excluding carboxylic acids is 1. The fourth-order valence-electron chi connectivity index (χ4n) is 1.08. The van der Waals surface area contributed by atoms with Crippen LogP contribution in [0.2, 0.25) is 0 Å². The van der Waals surface area contributed by atoms with E-state index in [0.717, 1.165) is 11.1 Å². The largest absolute Gasteiger partial charge is 0.449 e. The lowest BCUT2D eigenvalue weighted by molar-refractivity contribution is 0.152. The van der Waals surface area contributed by atoms with Crippen LogP contribution < -0.4 is 5.43 Å². The molecule has 1 aromatic rings. The van der Waals surface area contributed by atoms with Gasteiger partial charge in [-0.3, -0.25) is 0 Å². The fraction of sp³-hybridized carbons (Fsp3) is 0.182. The van der Waals surface area contributed by atoms with Crippen LogP contribution in [0.5, 0.6) is 0 Å². The molecule has 84 valence electrons. The second-order valence-corrected chi connectivity index (χ2v) is 2.86. The average molecular weight is 219 g/mol. The third kappa shape index (κ3) is 3.53. The Labute approximate surface area is 93.6 Å². The average Bonchev–Trinajstić information content (AvgIpc) is 2.30. The van der Waals surface area contributed by atoms with Gasteiger partial charge in [0.15, 0.2) is 0 Å². The molecule has 1 amide bonds. The van der Waals surface area contributed by atoms with E-state index in [4.69, 9.17) is 5.41 Å². The molecular formula is C11H13N3O2. The van der Waals surface area contributed by atoms with Crippen LogP contribution in [0.4, 0.5) is 4.79 Å². The second kappa shape index (κ2) is 6.34. The van der Waals surface area contributed by atoms with Crippen molar-refractivity contribution in [2.24, 2.45) is 5.10 Å². The van der Waals surface area contributed by atoms with Crippen molar-refractivity contribution in [1.82, 2.24) is 5.43 Å². The van der Waals surface area contributed by atoms with E-state index in [1.165, 1.54) is 12.4 Å². The maximum atomic E-state index is 10.9. The molecule has 0 heterocycles. The van der Waals surface area contributed by atoms with Crippen molar-refractivity contribution >= 4 is 18.5 Å². The topological polar surface area (TPSA) is 74.5 Å². The number of hydrogen-bond acceptors (Lipinski definition) is 4. The summed E-state index contributed by atoms with van der Waals surface area (Å²) in [5.41, 5.74) is 3.71. The highest BCUT2D eigenvalue weighted by molar-refractivity contribution is 5.93. The van der Waals surface area contributed by atoms with E-state index in [9.17, 15) is 4.79 Å². The highest BCUT2D eigenvalue weighted by atomic mass is 16.5. The van der Waals surface area contributed by atoms with Gasteiger partial charge in [-0.2, -0.15) is 5.10 Å². The summed E-state index contributed by atoms with van der Waals surface area (Å²) >= 11 is 0. The molecule has 5 nitrogen and oxygen atoms in total. The Bertz CT molecular complexity index is 402. The molecule has 2 N–H and O–H groups in total. The summed E-state index contributed by atoms with van der Waals surface area (Å²) in [5.74, 6) is 0. The van der Waals surface area contributed by atoms with Crippen molar-refractivity contribution in [3.05, 3.63) is 35.4 Å². The van der Waals surface area contributed by atoms with E-state index in [1.807, 2.05) is 12.1 Å². The first-order valence-electron chi connectivity index (χ1n) is 4.83. The minimum atomic E-state index is -0.592. The molecule has 0 saturated carbocycles. The van der Waals surface area contributed by atoms with E-state index >= 15 is 0 Å². The van der Waals surface area contributed by atoms with Crippen LogP contribution in [0, 0.1) is 5.41 Å². The number of rotatable bonds is 4. The molecule has 0 fully saturated rings. The van der Waals surface area contributed by atoms with Crippen LogP contribution in [0.15, 0.2) is 29.4 Å². The summed E-state index contributed by atoms with van der Waals surface area (Å²) in [6, 6.07) is 7.25. The van der Waals surface area contributed by atoms with Crippen LogP contribution in [-0.4, -0.2) is 25.1 Å². The number of nitrogens with zero attached hydrogens (tertiary/aromatic N) is 1. The molecule has 0 spiro atoms. The molecule has 0 radical (unpaired) electrons. The lowest BCUT2D eigenvalue weighted by atomic mass is 10.1. The predicted octanol–water partition coefficient (Wildman–Crippen LogP) is 1.76. The van der Waals surface area contributed by atoms with E-state index in [0.29, 0.717) is 6.61 Å². The summed E-state index contributed by atoms with van der Waals surface area (Å²) in [6.45, 7) is 2.02. The molecule has 0 unspecified atom stereocenters. The lowest BCUT2D eigenvalue weighted by Crippen LogP contribution is -2.18. The van der Waals surface area contributed by atoms with E-state index in [1.54, 1.807) is 19.1 Å². The van der Waals surface area contributed by atoms with Crippen molar-refractivity contribution in [2.45, 2.75) is 6.92 Å². The van der Waals surface area contributed by atoms with Gasteiger partial charge in [0.05, 0.1) is 12.8 Å². The quantitative estimate of drug-likeness (QED) is 0.598. The predicted molar refractivity (Wildman–Crippen MR) is 62.1 cm³/mol. The van der Waals surface area contributed by atoms with Gasteiger partial charge in [-0.25, -0.2) is 10.2 Å². The van der Waals surface area contributed by atoms with Crippen molar-refractivity contribution < 1.29 is 9.53 Å². The summed E-state index contributed by atoms with van der Waals surface area (Å²) in [6.07, 6.45) is 2.11. The van der Waals surface area contributed by atoms with Crippen molar-refractivity contribution in [3.63, 3.8) is 0 Å². The summed E-state index contributed by atoms with van der Waals surface area (Å²) in [5, 5.41) is 10.9. The number of benzene rings is 1. The van der Waals surface area contributed by atoms with Crippen molar-refractivity contribution in [3.8, 4) is 0 Å². The zero-order valence-electron chi connectivity index (χ0n) is 8.93. The molecule has 16 heavy (non-hydrogen) atoms. The molecule has 0 saturated heterocycles. The minimum Gasteiger partial charge on any atom is -0.449 e. The standard InChI is InChI=1S/C11H13N3O2/c1-2-16-11(15)14-13-8-10-6-4-3-5-9(10)7-12/h3-8,12H,2H2,1H3,(H,14,15)/b12-7?,13-8+. The maximum absolute atomic E-state index is 10.9. The van der Waals surface area contributed by atoms with Gasteiger partial charge in [-0.1, -0.05) is 24.3 Å². The van der Waals surface area contributed by atoms with E-state index in [-0.39, 0.29) is 0 Å². The smallest absolute Gasteiger partial charge is 0.427 e. The second-order valence-electron chi connectivity index (χ2n) is 2.86. The van der Waals surface area contributed by atoms with Gasteiger partial charge in [0, 0.05) is 17.3 Å². The van der Waals surface area contributed by atoms with Crippen LogP contribution in [0.3, 0.4) is 0 Å². The molecule has 0 aromatic heterocycles. The fourth-order valence-corrected chi connectivity index (χ4v) is 1.08. The Morgan fingerprint density at radius 2 is 2.19 bits per heavy atom. The summed E-state index contributed by atoms with van der Waals surface area (Å²) in [4.78, 5) is 10.9. The van der Waals surface area contributed by atoms with Gasteiger partial charge in [0.1, 0.15) is 0 Å². The SMILES string of the molecule is CCOC(=O)N/N=C/c1ccccc1C=N. The third-order valence-electron chi connectivity index (χ3n) is 1.79. The van der Waals surface area contributed by atoms with E-state index in [2.05, 4.69) is 15.3 Å². The third-order valence-corrected chi connectivity index (χ3v) is 1.79. The zero-order chi connectivity index (χ0) is 11.8. The Kier molecular flexibility index (Phi) is 4.72. The molecule has 1 aromatic carbocycles. The molecule has 5 heteroatoms. The Morgan fingerprint density at radius 1 is 1.50 bits per heavy atom. The Hall–Kier alpha value is -2.17. The van der Waals surface area contributed by atoms with Crippen LogP contribution in [-0.2, 0) is 4.74 Å². The highest BCUT2D eigenvalue weighted by Gasteiger charge is 1.97. The van der Waals surface area contributed by atoms with Gasteiger partial charge in [-0.05, 0) is 6.92 Å². The van der Waals surface area contributed by atoms with E-state index < -0.39 is 6.09 Å². The summed E-state index contributed by atoms with van der Waals surface area (Å²) in [7, 11) is 0. The highest BCUT2D eigenvalue weighted by Crippen LogP contribution is 2.02. The summed E-state index contributed by atoms with van der Waals surface area (Å²) < 4.78 is 4.63. The normalized spacial score (nSPS) is 10.1. The van der Waals surface area contributed by atoms with Gasteiger partial charge in [-0.15, -0.1) is 0 Å². The molecule has 0 bridgehead atoms. The van der Waals surface area contributed by atoms with Gasteiger partial charge >= 0.3 is 6.09 Å². The molecule has 0 atom stereocenters. The van der Waals surface area contributed by atoms with Crippen LogP contribution in [0.25, 0.3) is 0 Å². The molecule has 1 rings (SSSR count). The number of hydrazone groups is 1. The Balaban J connectivity index is 2.62. The van der Waals surface area contributed by atoms with Gasteiger partial charge < -0.3 is 10.1 Å². The minimum absolute atomic E-state index is 0.304. The first-order valence-corrected chi connectivity index (χ1v) is 4.83. The molecular weight excluding hydrogens is 206 g/mol. The number of amides is 1. The van der Waals surface area contributed by atoms with Crippen LogP contribution >= 0.6 is 0 Å². The van der Waals surface area contributed by atoms with Crippen molar-refractivity contribution in [1.29, 1.82) is 5.41 Å². The molecule has 0 aliphatic carbocycles. The maximum Gasteiger partial charge on any atom is 0.427 e. The number of hydrogen-bond donors (Lipinski definition) is 2.